The zero-order valence-electron chi connectivity index (χ0n) is 25.9. The number of imidazole rings is 1. The summed E-state index contributed by atoms with van der Waals surface area (Å²) in [7, 11) is 47.3. The Balaban J connectivity index is 1.54. The molecule has 1 aromatic heterocycles. The quantitative estimate of drug-likeness (QED) is 0.226. The van der Waals surface area contributed by atoms with E-state index in [-0.39, 0.29) is 10.9 Å². The Morgan fingerprint density at radius 1 is 0.500 bits per heavy atom. The highest BCUT2D eigenvalue weighted by Gasteiger charge is 2.41. The summed E-state index contributed by atoms with van der Waals surface area (Å²) in [6, 6.07) is 24.8. The minimum absolute atomic E-state index is 0.218. The molecule has 0 saturated carbocycles. The predicted molar refractivity (Wildman–Crippen MR) is 202 cm³/mol. The third kappa shape index (κ3) is 3.60. The molecule has 1 aliphatic rings. The van der Waals surface area contributed by atoms with Crippen LogP contribution in [0.3, 0.4) is 0 Å². The lowest BCUT2D eigenvalue weighted by Crippen LogP contribution is -2.51. The molecule has 6 aromatic carbocycles. The second-order valence-electron chi connectivity index (χ2n) is 12.7. The molecule has 0 bridgehead atoms. The monoisotopic (exact) mass is 570 g/mol. The van der Waals surface area contributed by atoms with Crippen molar-refractivity contribution in [2.75, 3.05) is 0 Å². The van der Waals surface area contributed by atoms with E-state index in [4.69, 9.17) is 59.9 Å². The molecule has 0 saturated heterocycles. The number of benzene rings is 6. The molecule has 0 N–H and O–H groups in total. The van der Waals surface area contributed by atoms with Crippen LogP contribution in [0, 0.1) is 6.92 Å². The lowest BCUT2D eigenvalue weighted by atomic mass is 9.61. The van der Waals surface area contributed by atoms with Crippen LogP contribution in [-0.2, 0) is 5.41 Å². The fraction of sp³-hybridized carbons (Fsp3) is 0.108. The summed E-state index contributed by atoms with van der Waals surface area (Å²) in [5, 5.41) is 4.01. The topological polar surface area (TPSA) is 17.8 Å². The average molecular weight is 569 g/mol. The molecule has 1 aliphatic carbocycles. The minimum atomic E-state index is -0.705. The number of nitrogens with zero attached hydrogens (tertiary/aromatic N) is 2. The van der Waals surface area contributed by atoms with Crippen LogP contribution < -0.4 is 38.2 Å². The van der Waals surface area contributed by atoms with Gasteiger partial charge in [-0.3, -0.25) is 4.57 Å². The third-order valence-corrected chi connectivity index (χ3v) is 9.88. The second kappa shape index (κ2) is 9.88. The van der Waals surface area contributed by atoms with E-state index in [0.29, 0.717) is 44.0 Å². The van der Waals surface area contributed by atoms with Gasteiger partial charge in [-0.2, -0.15) is 0 Å². The second-order valence-corrected chi connectivity index (χ2v) is 12.7. The highest BCUT2D eigenvalue weighted by molar-refractivity contribution is 6.65. The normalized spacial score (nSPS) is 13.5. The summed E-state index contributed by atoms with van der Waals surface area (Å²) in [6.07, 6.45) is 0. The van der Waals surface area contributed by atoms with E-state index in [1.165, 1.54) is 0 Å². The first-order chi connectivity index (χ1) is 22.0. The standard InChI is InChI=1S/C37H21B7N2/c1-16-45-21-14-8-9-15-22(21)46(16)36-19-12-6-4-10-17(19)23(18-11-5-7-13-20(18)36)26-29(38)27-24(30(39)32(26)41)25-28(37(27,2)3)33(42)35(44)34(43)31(25)40/h4-15H,1-3H3. The van der Waals surface area contributed by atoms with Gasteiger partial charge in [0.15, 0.2) is 0 Å². The van der Waals surface area contributed by atoms with Gasteiger partial charge in [-0.1, -0.05) is 102 Å². The van der Waals surface area contributed by atoms with Crippen molar-refractivity contribution in [2.24, 2.45) is 0 Å². The van der Waals surface area contributed by atoms with E-state index in [2.05, 4.69) is 34.9 Å². The lowest BCUT2D eigenvalue weighted by Gasteiger charge is -2.30. The number of aromatic nitrogens is 2. The Morgan fingerprint density at radius 2 is 0.957 bits per heavy atom. The molecule has 0 amide bonds. The Hall–Kier alpha value is -4.24. The van der Waals surface area contributed by atoms with Gasteiger partial charge in [-0.05, 0) is 63.2 Å². The fourth-order valence-electron chi connectivity index (χ4n) is 7.89. The van der Waals surface area contributed by atoms with Crippen LogP contribution in [0.1, 0.15) is 30.8 Å². The van der Waals surface area contributed by atoms with E-state index < -0.39 is 5.41 Å². The van der Waals surface area contributed by atoms with Gasteiger partial charge in [-0.25, -0.2) is 4.98 Å². The maximum absolute atomic E-state index is 7.29. The number of para-hydroxylation sites is 2. The van der Waals surface area contributed by atoms with Gasteiger partial charge in [-0.15, -0.1) is 10.9 Å². The summed E-state index contributed by atoms with van der Waals surface area (Å²) in [5.74, 6) is 0.887. The highest BCUT2D eigenvalue weighted by atomic mass is 15.1. The molecule has 7 aromatic rings. The van der Waals surface area contributed by atoms with Crippen molar-refractivity contribution in [1.82, 2.24) is 9.55 Å². The van der Waals surface area contributed by atoms with E-state index in [9.17, 15) is 0 Å². The van der Waals surface area contributed by atoms with E-state index in [1.807, 2.05) is 63.2 Å². The molecular weight excluding hydrogens is 548 g/mol. The summed E-state index contributed by atoms with van der Waals surface area (Å²) < 4.78 is 2.23. The molecule has 46 heavy (non-hydrogen) atoms. The Bertz CT molecular complexity index is 2440. The average Bonchev–Trinajstić information content (AvgIpc) is 3.51. The lowest BCUT2D eigenvalue weighted by molar-refractivity contribution is 0.670. The van der Waals surface area contributed by atoms with Crippen molar-refractivity contribution < 1.29 is 0 Å². The smallest absolute Gasteiger partial charge is 0.115 e. The number of hydrogen-bond donors (Lipinski definition) is 0. The molecular formula is C37H21B7N2. The van der Waals surface area contributed by atoms with Gasteiger partial charge in [0.1, 0.15) is 60.7 Å². The largest absolute Gasteiger partial charge is 0.295 e. The summed E-state index contributed by atoms with van der Waals surface area (Å²) in [5.41, 5.74) is 9.06. The van der Waals surface area contributed by atoms with Crippen LogP contribution in [0.15, 0.2) is 72.8 Å². The van der Waals surface area contributed by atoms with Crippen LogP contribution in [0.5, 0.6) is 0 Å². The number of rotatable bonds is 2. The van der Waals surface area contributed by atoms with Crippen LogP contribution in [0.25, 0.3) is 60.5 Å². The molecule has 2 nitrogen and oxygen atoms in total. The first kappa shape index (κ1) is 29.2. The van der Waals surface area contributed by atoms with Gasteiger partial charge < -0.3 is 0 Å². The molecule has 14 radical (unpaired) electrons. The van der Waals surface area contributed by atoms with Crippen molar-refractivity contribution in [3.05, 3.63) is 89.7 Å². The van der Waals surface area contributed by atoms with E-state index in [1.54, 1.807) is 0 Å². The summed E-state index contributed by atoms with van der Waals surface area (Å²) in [4.78, 5) is 4.89. The van der Waals surface area contributed by atoms with E-state index >= 15 is 0 Å². The highest BCUT2D eigenvalue weighted by Crippen LogP contribution is 2.47. The van der Waals surface area contributed by atoms with Crippen molar-refractivity contribution in [3.8, 4) is 27.9 Å². The number of fused-ring (bicyclic) bond motifs is 6. The van der Waals surface area contributed by atoms with Crippen LogP contribution in [-0.4, -0.2) is 64.5 Å². The minimum Gasteiger partial charge on any atom is -0.295 e. The molecule has 0 unspecified atom stereocenters. The number of aryl methyl sites for hydroxylation is 1. The van der Waals surface area contributed by atoms with Gasteiger partial charge in [0.25, 0.3) is 0 Å². The van der Waals surface area contributed by atoms with Crippen LogP contribution >= 0.6 is 0 Å². The Kier molecular flexibility index (Phi) is 6.27. The third-order valence-electron chi connectivity index (χ3n) is 9.88. The maximum atomic E-state index is 7.29. The molecule has 200 valence electrons. The van der Waals surface area contributed by atoms with Crippen molar-refractivity contribution >= 4 is 126 Å². The zero-order valence-corrected chi connectivity index (χ0v) is 25.9. The predicted octanol–water partition coefficient (Wildman–Crippen LogP) is 1.17. The molecule has 9 heteroatoms. The van der Waals surface area contributed by atoms with Gasteiger partial charge >= 0.3 is 0 Å². The van der Waals surface area contributed by atoms with Gasteiger partial charge in [0.2, 0.25) is 0 Å². The molecule has 8 rings (SSSR count). The van der Waals surface area contributed by atoms with Crippen LogP contribution in [0.4, 0.5) is 0 Å². The van der Waals surface area contributed by atoms with Crippen LogP contribution in [0.2, 0.25) is 0 Å². The zero-order chi connectivity index (χ0) is 32.4. The first-order valence-electron chi connectivity index (χ1n) is 15.1. The molecule has 0 aliphatic heterocycles. The fourth-order valence-corrected chi connectivity index (χ4v) is 7.89. The van der Waals surface area contributed by atoms with Crippen molar-refractivity contribution in [3.63, 3.8) is 0 Å². The van der Waals surface area contributed by atoms with Gasteiger partial charge in [0.05, 0.1) is 16.7 Å². The van der Waals surface area contributed by atoms with Crippen molar-refractivity contribution in [1.29, 1.82) is 0 Å². The Morgan fingerprint density at radius 3 is 1.57 bits per heavy atom. The van der Waals surface area contributed by atoms with Crippen molar-refractivity contribution in [2.45, 2.75) is 26.2 Å². The van der Waals surface area contributed by atoms with Gasteiger partial charge in [0, 0.05) is 16.2 Å². The molecule has 0 spiro atoms. The SMILES string of the molecule is [B]c1c([B])c([B])c2c(c1[B])-c1c([B])c([B])c(-c3c4ccccc4c(-n4c(C)nc5ccccc54)c4ccccc34)c([B])c1C2(C)C. The van der Waals surface area contributed by atoms with E-state index in [0.717, 1.165) is 60.8 Å². The summed E-state index contributed by atoms with van der Waals surface area (Å²) >= 11 is 0. The summed E-state index contributed by atoms with van der Waals surface area (Å²) in [6.45, 7) is 6.13. The Labute approximate surface area is 278 Å². The first-order valence-corrected chi connectivity index (χ1v) is 15.1. The number of hydrogen-bond acceptors (Lipinski definition) is 1. The molecule has 1 heterocycles. The molecule has 0 atom stereocenters. The molecule has 0 fully saturated rings. The maximum Gasteiger partial charge on any atom is 0.115 e.